The predicted octanol–water partition coefficient (Wildman–Crippen LogP) is 3.82. The molecular formula is C22H16ClF4N3O8. The first-order chi connectivity index (χ1) is 17.7. The van der Waals surface area contributed by atoms with E-state index in [0.717, 1.165) is 20.0 Å². The molecule has 0 bridgehead atoms. The smallest absolute Gasteiger partial charge is 0.431 e. The van der Waals surface area contributed by atoms with Gasteiger partial charge in [-0.15, -0.1) is 0 Å². The Hall–Kier alpha value is -4.40. The van der Waals surface area contributed by atoms with Crippen molar-refractivity contribution in [3.63, 3.8) is 0 Å². The van der Waals surface area contributed by atoms with Crippen molar-refractivity contribution in [1.82, 2.24) is 9.13 Å². The van der Waals surface area contributed by atoms with E-state index in [2.05, 4.69) is 4.89 Å². The SMILES string of the molecule is CC(=O)OOc1cccc(CC[N+](=O)[O-])c1Oc1cc(-n2c(=O)cc(C(F)(F)F)n(C)c2=O)c(F)cc1Cl. The fraction of sp³-hybridized carbons (Fsp3) is 0.227. The van der Waals surface area contributed by atoms with E-state index in [0.29, 0.717) is 6.07 Å². The molecule has 0 spiro atoms. The molecule has 202 valence electrons. The Balaban J connectivity index is 2.17. The largest absolute Gasteiger partial charge is 0.451 e. The van der Waals surface area contributed by atoms with Gasteiger partial charge in [0.05, 0.1) is 10.7 Å². The summed E-state index contributed by atoms with van der Waals surface area (Å²) >= 11 is 6.08. The molecule has 0 atom stereocenters. The van der Waals surface area contributed by atoms with Crippen molar-refractivity contribution in [2.24, 2.45) is 7.05 Å². The third kappa shape index (κ3) is 6.11. The molecule has 0 aliphatic carbocycles. The van der Waals surface area contributed by atoms with Gasteiger partial charge in [-0.1, -0.05) is 23.7 Å². The van der Waals surface area contributed by atoms with Crippen LogP contribution in [0.25, 0.3) is 5.69 Å². The van der Waals surface area contributed by atoms with Crippen LogP contribution in [0.15, 0.2) is 46.0 Å². The second-order valence-electron chi connectivity index (χ2n) is 7.59. The highest BCUT2D eigenvalue weighted by molar-refractivity contribution is 6.32. The van der Waals surface area contributed by atoms with E-state index >= 15 is 0 Å². The molecule has 16 heteroatoms. The summed E-state index contributed by atoms with van der Waals surface area (Å²) in [7, 11) is 0.747. The van der Waals surface area contributed by atoms with Crippen LogP contribution in [-0.4, -0.2) is 26.6 Å². The van der Waals surface area contributed by atoms with Crippen molar-refractivity contribution in [1.29, 1.82) is 0 Å². The number of nitrogens with zero attached hydrogens (tertiary/aromatic N) is 3. The van der Waals surface area contributed by atoms with Gasteiger partial charge >= 0.3 is 17.8 Å². The van der Waals surface area contributed by atoms with Gasteiger partial charge in [0.1, 0.15) is 17.3 Å². The highest BCUT2D eigenvalue weighted by Gasteiger charge is 2.35. The van der Waals surface area contributed by atoms with E-state index in [-0.39, 0.29) is 38.7 Å². The standard InChI is InChI=1S/C22H16ClF4N3O8/c1-11(31)37-38-16-5-3-4-12(6-7-29(34)35)20(16)36-17-9-15(14(24)8-13(17)23)30-19(32)10-18(22(25,26)27)28(2)21(30)33/h3-5,8-10H,6-7H2,1-2H3. The summed E-state index contributed by atoms with van der Waals surface area (Å²) in [6.07, 6.45) is -5.24. The molecule has 3 aromatic rings. The van der Waals surface area contributed by atoms with Crippen LogP contribution < -0.4 is 20.9 Å². The Morgan fingerprint density at radius 3 is 2.45 bits per heavy atom. The molecule has 0 saturated heterocycles. The zero-order valence-electron chi connectivity index (χ0n) is 19.4. The molecule has 0 aliphatic rings. The molecule has 0 unspecified atom stereocenters. The quantitative estimate of drug-likeness (QED) is 0.175. The van der Waals surface area contributed by atoms with Crippen LogP contribution in [0.5, 0.6) is 17.2 Å². The van der Waals surface area contributed by atoms with E-state index in [4.69, 9.17) is 21.2 Å². The molecule has 0 saturated carbocycles. The molecule has 1 aromatic heterocycles. The van der Waals surface area contributed by atoms with E-state index in [1.54, 1.807) is 0 Å². The maximum atomic E-state index is 14.8. The van der Waals surface area contributed by atoms with Crippen molar-refractivity contribution in [3.8, 4) is 22.9 Å². The highest BCUT2D eigenvalue weighted by atomic mass is 35.5. The molecule has 1 heterocycles. The van der Waals surface area contributed by atoms with Crippen LogP contribution in [0.3, 0.4) is 0 Å². The number of alkyl halides is 3. The lowest BCUT2D eigenvalue weighted by Crippen LogP contribution is -2.41. The van der Waals surface area contributed by atoms with Gasteiger partial charge in [-0.3, -0.25) is 29.3 Å². The number of hydrogen-bond acceptors (Lipinski definition) is 8. The average molecular weight is 562 g/mol. The van der Waals surface area contributed by atoms with Crippen LogP contribution in [0.1, 0.15) is 18.2 Å². The number of aromatic nitrogens is 2. The van der Waals surface area contributed by atoms with Gasteiger partial charge in [0.15, 0.2) is 5.75 Å². The van der Waals surface area contributed by atoms with Gasteiger partial charge in [0.2, 0.25) is 12.3 Å². The third-order valence-electron chi connectivity index (χ3n) is 4.94. The molecule has 38 heavy (non-hydrogen) atoms. The number of ether oxygens (including phenoxy) is 1. The number of carbonyl (C=O) groups is 1. The predicted molar refractivity (Wildman–Crippen MR) is 122 cm³/mol. The minimum absolute atomic E-state index is 0.119. The van der Waals surface area contributed by atoms with Crippen LogP contribution in [0.2, 0.25) is 5.02 Å². The summed E-state index contributed by atoms with van der Waals surface area (Å²) in [5.74, 6) is -3.02. The lowest BCUT2D eigenvalue weighted by Gasteiger charge is -2.17. The zero-order valence-corrected chi connectivity index (χ0v) is 20.1. The summed E-state index contributed by atoms with van der Waals surface area (Å²) < 4.78 is 60.3. The first-order valence-corrected chi connectivity index (χ1v) is 10.7. The van der Waals surface area contributed by atoms with Gasteiger partial charge in [0, 0.05) is 43.0 Å². The van der Waals surface area contributed by atoms with E-state index in [1.165, 1.54) is 18.2 Å². The molecule has 11 nitrogen and oxygen atoms in total. The molecule has 3 rings (SSSR count). The zero-order chi connectivity index (χ0) is 28.4. The lowest BCUT2D eigenvalue weighted by molar-refractivity contribution is -0.479. The summed E-state index contributed by atoms with van der Waals surface area (Å²) in [6, 6.07) is 5.62. The van der Waals surface area contributed by atoms with Gasteiger partial charge in [-0.2, -0.15) is 13.2 Å². The van der Waals surface area contributed by atoms with Crippen molar-refractivity contribution in [2.45, 2.75) is 19.5 Å². The number of halogens is 5. The molecule has 0 fully saturated rings. The molecule has 0 radical (unpaired) electrons. The van der Waals surface area contributed by atoms with Crippen LogP contribution in [-0.2, 0) is 29.3 Å². The van der Waals surface area contributed by atoms with Crippen LogP contribution >= 0.6 is 11.6 Å². The Kier molecular flexibility index (Phi) is 8.10. The number of carbonyl (C=O) groups excluding carboxylic acids is 1. The Morgan fingerprint density at radius 2 is 1.84 bits per heavy atom. The topological polar surface area (TPSA) is 132 Å². The minimum Gasteiger partial charge on any atom is -0.451 e. The fourth-order valence-electron chi connectivity index (χ4n) is 3.25. The van der Waals surface area contributed by atoms with E-state index in [1.807, 2.05) is 0 Å². The van der Waals surface area contributed by atoms with Crippen LogP contribution in [0, 0.1) is 15.9 Å². The van der Waals surface area contributed by atoms with E-state index < -0.39 is 62.8 Å². The number of nitro groups is 1. The first-order valence-electron chi connectivity index (χ1n) is 10.4. The van der Waals surface area contributed by atoms with Gasteiger partial charge in [-0.25, -0.2) is 18.5 Å². The maximum Gasteiger partial charge on any atom is 0.431 e. The number of hydrogen-bond donors (Lipinski definition) is 0. The molecule has 0 aliphatic heterocycles. The summed E-state index contributed by atoms with van der Waals surface area (Å²) in [5.41, 5.74) is -5.19. The number of benzene rings is 2. The first kappa shape index (κ1) is 28.2. The number of para-hydroxylation sites is 1. The third-order valence-corrected chi connectivity index (χ3v) is 5.23. The van der Waals surface area contributed by atoms with Crippen molar-refractivity contribution < 1.29 is 41.8 Å². The maximum absolute atomic E-state index is 14.8. The molecular weight excluding hydrogens is 546 g/mol. The highest BCUT2D eigenvalue weighted by Crippen LogP contribution is 2.39. The Morgan fingerprint density at radius 1 is 1.16 bits per heavy atom. The molecule has 2 aromatic carbocycles. The summed E-state index contributed by atoms with van der Waals surface area (Å²) in [4.78, 5) is 55.9. The van der Waals surface area contributed by atoms with Crippen molar-refractivity contribution in [3.05, 3.63) is 89.4 Å². The van der Waals surface area contributed by atoms with Crippen molar-refractivity contribution in [2.75, 3.05) is 6.54 Å². The minimum atomic E-state index is -5.04. The van der Waals surface area contributed by atoms with Gasteiger partial charge < -0.3 is 4.74 Å². The van der Waals surface area contributed by atoms with Crippen LogP contribution in [0.4, 0.5) is 17.6 Å². The van der Waals surface area contributed by atoms with Crippen molar-refractivity contribution >= 4 is 17.6 Å². The molecule has 0 amide bonds. The summed E-state index contributed by atoms with van der Waals surface area (Å²) in [6.45, 7) is 0.481. The van der Waals surface area contributed by atoms with Gasteiger partial charge in [-0.05, 0) is 12.1 Å². The normalized spacial score (nSPS) is 11.2. The van der Waals surface area contributed by atoms with E-state index in [9.17, 15) is 42.1 Å². The second kappa shape index (κ2) is 10.9. The van der Waals surface area contributed by atoms with Gasteiger partial charge in [0.25, 0.3) is 5.56 Å². The Bertz CT molecular complexity index is 1500. The molecule has 0 N–H and O–H groups in total. The fourth-order valence-corrected chi connectivity index (χ4v) is 3.44. The average Bonchev–Trinajstić information content (AvgIpc) is 2.81. The summed E-state index contributed by atoms with van der Waals surface area (Å²) in [5, 5.41) is 10.5. The monoisotopic (exact) mass is 561 g/mol. The lowest BCUT2D eigenvalue weighted by atomic mass is 10.1. The number of rotatable bonds is 8. The Labute approximate surface area is 214 Å². The second-order valence-corrected chi connectivity index (χ2v) is 7.99.